The molecule has 1 saturated carbocycles. The van der Waals surface area contributed by atoms with E-state index in [1.807, 2.05) is 0 Å². The van der Waals surface area contributed by atoms with Gasteiger partial charge in [0.1, 0.15) is 36.3 Å². The van der Waals surface area contributed by atoms with Crippen LogP contribution in [-0.2, 0) is 41.7 Å². The van der Waals surface area contributed by atoms with E-state index >= 15 is 4.39 Å². The number of aliphatic hydroxyl groups excluding tert-OH is 1. The standard InChI is InChI=1S/C21H26FN9O10P2S/c1-29-6-28-19-14(20(29)33)27-7-30(19)11-3-12(40-42(34,35)36)15(32)16(11)41-43(37,44)38-4-9-2-10(22)21(39-9)31-8-26-13-17(23)24-5-25-18(13)31/h5-12,15-16,21,32H,2-4H2,1H3,(H,37,44)(H2,23,24,25)(H2,34,35,36)/t9-,10+,11+,12-,15+,16-,21+,43?/m0/s1. The van der Waals surface area contributed by atoms with E-state index in [4.69, 9.17) is 35.8 Å². The summed E-state index contributed by atoms with van der Waals surface area (Å²) in [6.07, 6.45) is -3.59. The molecule has 1 aliphatic heterocycles. The number of aromatic nitrogens is 8. The molecule has 0 bridgehead atoms. The molecule has 4 aromatic heterocycles. The number of aliphatic hydroxyl groups is 1. The molecule has 2 fully saturated rings. The third-order valence-corrected chi connectivity index (χ3v) is 9.42. The van der Waals surface area contributed by atoms with E-state index in [9.17, 15) is 29.1 Å². The zero-order valence-electron chi connectivity index (χ0n) is 22.5. The number of nitrogens with zero attached hydrogens (tertiary/aromatic N) is 8. The number of hydrogen-bond acceptors (Lipinski definition) is 14. The lowest BCUT2D eigenvalue weighted by Crippen LogP contribution is -2.34. The van der Waals surface area contributed by atoms with Gasteiger partial charge in [-0.2, -0.15) is 0 Å². The van der Waals surface area contributed by atoms with E-state index in [0.717, 1.165) is 0 Å². The minimum absolute atomic E-state index is 0.0178. The Morgan fingerprint density at radius 2 is 1.77 bits per heavy atom. The molecule has 6 rings (SSSR count). The second-order valence-electron chi connectivity index (χ2n) is 10.2. The number of nitrogen functional groups attached to an aromatic ring is 1. The first kappa shape index (κ1) is 31.2. The molecule has 44 heavy (non-hydrogen) atoms. The highest BCUT2D eigenvalue weighted by molar-refractivity contribution is 8.07. The van der Waals surface area contributed by atoms with Gasteiger partial charge in [0.15, 0.2) is 28.9 Å². The van der Waals surface area contributed by atoms with Crippen molar-refractivity contribution < 1.29 is 47.1 Å². The van der Waals surface area contributed by atoms with Crippen LogP contribution in [0.4, 0.5) is 10.2 Å². The third kappa shape index (κ3) is 5.93. The first-order chi connectivity index (χ1) is 20.7. The fraction of sp³-hybridized carbons (Fsp3) is 0.524. The van der Waals surface area contributed by atoms with Crippen molar-refractivity contribution in [3.8, 4) is 0 Å². The lowest BCUT2D eigenvalue weighted by Gasteiger charge is -2.28. The van der Waals surface area contributed by atoms with Crippen molar-refractivity contribution in [2.75, 3.05) is 12.3 Å². The summed E-state index contributed by atoms with van der Waals surface area (Å²) in [5, 5.41) is 11.0. The number of ether oxygens (including phenoxy) is 1. The maximum Gasteiger partial charge on any atom is 0.469 e. The molecule has 0 aromatic carbocycles. The number of aryl methyl sites for hydroxylation is 1. The minimum atomic E-state index is -5.07. The number of imidazole rings is 2. The molecule has 2 aliphatic rings. The maximum absolute atomic E-state index is 15.0. The first-order valence-corrected chi connectivity index (χ1v) is 17.0. The Morgan fingerprint density at radius 3 is 2.52 bits per heavy atom. The molecular formula is C21H26FN9O10P2S. The lowest BCUT2D eigenvalue weighted by atomic mass is 10.2. The van der Waals surface area contributed by atoms with E-state index < -0.39 is 69.6 Å². The fourth-order valence-corrected chi connectivity index (χ4v) is 7.38. The third-order valence-electron chi connectivity index (χ3n) is 7.31. The van der Waals surface area contributed by atoms with Crippen molar-refractivity contribution in [1.29, 1.82) is 0 Å². The second-order valence-corrected chi connectivity index (χ2v) is 14.2. The van der Waals surface area contributed by atoms with Gasteiger partial charge in [-0.3, -0.25) is 13.9 Å². The van der Waals surface area contributed by atoms with Gasteiger partial charge in [-0.1, -0.05) is 0 Å². The van der Waals surface area contributed by atoms with Crippen LogP contribution in [-0.4, -0.2) is 95.6 Å². The second kappa shape index (κ2) is 11.5. The van der Waals surface area contributed by atoms with Crippen LogP contribution in [0.5, 0.6) is 0 Å². The van der Waals surface area contributed by atoms with Gasteiger partial charge in [-0.05, 0) is 11.8 Å². The summed E-state index contributed by atoms with van der Waals surface area (Å²) < 4.78 is 52.2. The molecule has 1 unspecified atom stereocenters. The molecule has 23 heteroatoms. The van der Waals surface area contributed by atoms with Gasteiger partial charge in [0.2, 0.25) is 0 Å². The van der Waals surface area contributed by atoms with E-state index in [-0.39, 0.29) is 41.0 Å². The molecule has 4 aromatic rings. The number of phosphoric acid groups is 1. The number of nitrogens with two attached hydrogens (primary N) is 1. The SMILES string of the molecule is Cn1cnc2c(ncn2[C@@H]2C[C@H](OP(=O)(O)O)[C@@H](O)[C@H]2OP(O)(=S)OC[C@@H]2C[C@@H](F)[C@H](n3cnc4c(N)ncnc43)O2)c1=O. The minimum Gasteiger partial charge on any atom is -0.388 e. The number of halogens is 1. The summed E-state index contributed by atoms with van der Waals surface area (Å²) in [6.45, 7) is -4.63. The molecule has 0 amide bonds. The highest BCUT2D eigenvalue weighted by Crippen LogP contribution is 2.53. The number of fused-ring (bicyclic) bond motifs is 2. The summed E-state index contributed by atoms with van der Waals surface area (Å²) in [4.78, 5) is 62.5. The predicted molar refractivity (Wildman–Crippen MR) is 150 cm³/mol. The Labute approximate surface area is 250 Å². The van der Waals surface area contributed by atoms with Crippen LogP contribution in [0.1, 0.15) is 25.1 Å². The Morgan fingerprint density at radius 1 is 1.07 bits per heavy atom. The Hall–Kier alpha value is -2.81. The number of hydrogen-bond donors (Lipinski definition) is 5. The normalized spacial score (nSPS) is 29.1. The largest absolute Gasteiger partial charge is 0.469 e. The first-order valence-electron chi connectivity index (χ1n) is 12.9. The fourth-order valence-electron chi connectivity index (χ4n) is 5.34. The molecular weight excluding hydrogens is 651 g/mol. The van der Waals surface area contributed by atoms with Crippen LogP contribution in [0.3, 0.4) is 0 Å². The summed E-state index contributed by atoms with van der Waals surface area (Å²) in [7, 11) is -3.59. The number of phosphoric ester groups is 1. The van der Waals surface area contributed by atoms with Crippen molar-refractivity contribution >= 4 is 54.5 Å². The summed E-state index contributed by atoms with van der Waals surface area (Å²) >= 11 is 5.18. The van der Waals surface area contributed by atoms with Crippen molar-refractivity contribution in [1.82, 2.24) is 38.6 Å². The van der Waals surface area contributed by atoms with Crippen LogP contribution < -0.4 is 11.3 Å². The topological polar surface area (TPSA) is 257 Å². The van der Waals surface area contributed by atoms with Gasteiger partial charge in [-0.25, -0.2) is 33.9 Å². The van der Waals surface area contributed by atoms with E-state index in [1.54, 1.807) is 0 Å². The van der Waals surface area contributed by atoms with Crippen molar-refractivity contribution in [2.24, 2.45) is 7.05 Å². The molecule has 8 atom stereocenters. The van der Waals surface area contributed by atoms with Gasteiger partial charge in [0, 0.05) is 19.9 Å². The van der Waals surface area contributed by atoms with Gasteiger partial charge in [0.25, 0.3) is 5.56 Å². The van der Waals surface area contributed by atoms with Crippen molar-refractivity contribution in [3.05, 3.63) is 35.7 Å². The van der Waals surface area contributed by atoms with E-state index in [2.05, 4.69) is 24.9 Å². The quantitative estimate of drug-likeness (QED) is 0.141. The Bertz CT molecular complexity index is 1870. The number of alkyl halides is 1. The van der Waals surface area contributed by atoms with Gasteiger partial charge in [0.05, 0.1) is 37.7 Å². The molecule has 238 valence electrons. The average Bonchev–Trinajstić information content (AvgIpc) is 3.71. The highest BCUT2D eigenvalue weighted by atomic mass is 32.5. The number of rotatable bonds is 9. The molecule has 6 N–H and O–H groups in total. The summed E-state index contributed by atoms with van der Waals surface area (Å²) in [6, 6.07) is -1.02. The summed E-state index contributed by atoms with van der Waals surface area (Å²) in [5.74, 6) is 0.114. The van der Waals surface area contributed by atoms with Crippen LogP contribution in [0.15, 0.2) is 30.1 Å². The Balaban J connectivity index is 1.19. The van der Waals surface area contributed by atoms with Gasteiger partial charge in [-0.15, -0.1) is 0 Å². The van der Waals surface area contributed by atoms with E-state index in [0.29, 0.717) is 0 Å². The van der Waals surface area contributed by atoms with Crippen molar-refractivity contribution in [3.63, 3.8) is 0 Å². The number of anilines is 1. The molecule has 1 aliphatic carbocycles. The predicted octanol–water partition coefficient (Wildman–Crippen LogP) is -0.420. The van der Waals surface area contributed by atoms with E-state index in [1.165, 1.54) is 46.1 Å². The van der Waals surface area contributed by atoms with Gasteiger partial charge < -0.3 is 48.4 Å². The molecule has 1 saturated heterocycles. The zero-order chi connectivity index (χ0) is 31.6. The Kier molecular flexibility index (Phi) is 8.17. The molecule has 19 nitrogen and oxygen atoms in total. The lowest BCUT2D eigenvalue weighted by molar-refractivity contribution is -0.0415. The van der Waals surface area contributed by atoms with Crippen molar-refractivity contribution in [2.45, 2.75) is 55.7 Å². The molecule has 5 heterocycles. The smallest absolute Gasteiger partial charge is 0.388 e. The average molecular weight is 678 g/mol. The zero-order valence-corrected chi connectivity index (χ0v) is 25.2. The monoisotopic (exact) mass is 677 g/mol. The van der Waals surface area contributed by atoms with Crippen LogP contribution in [0.25, 0.3) is 22.3 Å². The van der Waals surface area contributed by atoms with Crippen LogP contribution >= 0.6 is 14.5 Å². The molecule has 0 radical (unpaired) electrons. The van der Waals surface area contributed by atoms with Crippen LogP contribution in [0, 0.1) is 0 Å². The van der Waals surface area contributed by atoms with Gasteiger partial charge >= 0.3 is 14.5 Å². The summed E-state index contributed by atoms with van der Waals surface area (Å²) in [5.41, 5.74) is 5.93. The maximum atomic E-state index is 15.0. The highest BCUT2D eigenvalue weighted by Gasteiger charge is 2.50. The molecule has 0 spiro atoms. The van der Waals surface area contributed by atoms with Crippen LogP contribution in [0.2, 0.25) is 0 Å².